The zero-order valence-electron chi connectivity index (χ0n) is 16.5. The highest BCUT2D eigenvalue weighted by Gasteiger charge is 2.17. The molecular weight excluding hydrogens is 307 g/mol. The molecule has 0 aliphatic heterocycles. The molecule has 2 saturated carbocycles. The van der Waals surface area contributed by atoms with Gasteiger partial charge in [-0.1, -0.05) is 109 Å². The summed E-state index contributed by atoms with van der Waals surface area (Å²) in [5.74, 6) is 0. The van der Waals surface area contributed by atoms with Crippen molar-refractivity contribution in [2.75, 3.05) is 0 Å². The van der Waals surface area contributed by atoms with Crippen LogP contribution in [0.3, 0.4) is 0 Å². The van der Waals surface area contributed by atoms with Gasteiger partial charge in [0.25, 0.3) is 0 Å². The highest BCUT2D eigenvalue weighted by Crippen LogP contribution is 2.38. The van der Waals surface area contributed by atoms with Gasteiger partial charge in [0.05, 0.1) is 0 Å². The molecule has 0 heterocycles. The number of rotatable bonds is 2. The molecule has 0 aromatic carbocycles. The van der Waals surface area contributed by atoms with Crippen LogP contribution in [0.1, 0.15) is 135 Å². The maximum atomic E-state index is 1.56. The van der Waals surface area contributed by atoms with Crippen molar-refractivity contribution >= 4 is 8.58 Å². The SMILES string of the molecule is C1CCCCCC(PC2CCCCCCCCCC2)CCCCC1. The van der Waals surface area contributed by atoms with E-state index in [1.54, 1.807) is 25.7 Å². The van der Waals surface area contributed by atoms with Gasteiger partial charge in [-0.25, -0.2) is 0 Å². The Morgan fingerprint density at radius 2 is 0.500 bits per heavy atom. The third-order valence-electron chi connectivity index (χ3n) is 6.43. The Balaban J connectivity index is 1.75. The van der Waals surface area contributed by atoms with Crippen LogP contribution in [-0.2, 0) is 0 Å². The van der Waals surface area contributed by atoms with Gasteiger partial charge in [0.15, 0.2) is 0 Å². The molecule has 2 aliphatic carbocycles. The topological polar surface area (TPSA) is 0 Å². The van der Waals surface area contributed by atoms with E-state index >= 15 is 0 Å². The molecule has 0 radical (unpaired) electrons. The second-order valence-corrected chi connectivity index (χ2v) is 10.7. The lowest BCUT2D eigenvalue weighted by Gasteiger charge is -2.25. The van der Waals surface area contributed by atoms with Gasteiger partial charge in [0.2, 0.25) is 0 Å². The van der Waals surface area contributed by atoms with E-state index in [1.165, 1.54) is 118 Å². The largest absolute Gasteiger partial charge is 0.116 e. The summed E-state index contributed by atoms with van der Waals surface area (Å²) >= 11 is 0. The lowest BCUT2D eigenvalue weighted by molar-refractivity contribution is 0.505. The van der Waals surface area contributed by atoms with E-state index in [0.29, 0.717) is 0 Å². The quantitative estimate of drug-likeness (QED) is 0.436. The molecule has 1 unspecified atom stereocenters. The zero-order chi connectivity index (χ0) is 16.7. The van der Waals surface area contributed by atoms with E-state index in [-0.39, 0.29) is 0 Å². The maximum absolute atomic E-state index is 1.56. The van der Waals surface area contributed by atoms with Crippen molar-refractivity contribution in [3.8, 4) is 0 Å². The third-order valence-corrected chi connectivity index (χ3v) is 8.53. The standard InChI is InChI=1S/C23H45P/c1-2-6-10-14-18-22(19-15-11-7-3-1)24-23-20-16-12-8-4-5-9-13-17-21-23/h22-24H,1-21H2. The molecule has 1 heteroatoms. The highest BCUT2D eigenvalue weighted by atomic mass is 31.1. The fourth-order valence-electron chi connectivity index (χ4n) is 4.82. The minimum Gasteiger partial charge on any atom is -0.116 e. The summed E-state index contributed by atoms with van der Waals surface area (Å²) < 4.78 is 0. The lowest BCUT2D eigenvalue weighted by Crippen LogP contribution is -2.10. The van der Waals surface area contributed by atoms with Crippen LogP contribution in [0, 0.1) is 0 Å². The van der Waals surface area contributed by atoms with Crippen molar-refractivity contribution in [3.05, 3.63) is 0 Å². The molecule has 0 aromatic rings. The van der Waals surface area contributed by atoms with Crippen molar-refractivity contribution < 1.29 is 0 Å². The smallest absolute Gasteiger partial charge is 0.0234 e. The number of hydrogen-bond acceptors (Lipinski definition) is 0. The second kappa shape index (κ2) is 14.6. The Morgan fingerprint density at radius 1 is 0.292 bits per heavy atom. The Labute approximate surface area is 155 Å². The summed E-state index contributed by atoms with van der Waals surface area (Å²) in [6.45, 7) is 0. The first-order valence-electron chi connectivity index (χ1n) is 11.7. The van der Waals surface area contributed by atoms with E-state index in [9.17, 15) is 0 Å². The molecular formula is C23H45P. The van der Waals surface area contributed by atoms with Crippen molar-refractivity contribution in [2.24, 2.45) is 0 Å². The minimum atomic E-state index is 1.10. The average Bonchev–Trinajstić information content (AvgIpc) is 2.63. The Kier molecular flexibility index (Phi) is 12.6. The summed E-state index contributed by atoms with van der Waals surface area (Å²) in [6.07, 6.45) is 32.1. The summed E-state index contributed by atoms with van der Waals surface area (Å²) in [7, 11) is 1.30. The molecule has 2 aliphatic rings. The molecule has 0 nitrogen and oxygen atoms in total. The molecule has 2 fully saturated rings. The van der Waals surface area contributed by atoms with Crippen LogP contribution in [0.2, 0.25) is 0 Å². The molecule has 0 spiro atoms. The summed E-state index contributed by atoms with van der Waals surface area (Å²) in [6, 6.07) is 0. The van der Waals surface area contributed by atoms with Crippen molar-refractivity contribution in [3.63, 3.8) is 0 Å². The maximum Gasteiger partial charge on any atom is -0.0234 e. The summed E-state index contributed by atoms with van der Waals surface area (Å²) in [4.78, 5) is 0. The van der Waals surface area contributed by atoms with Crippen molar-refractivity contribution in [2.45, 2.75) is 146 Å². The lowest BCUT2D eigenvalue weighted by atomic mass is 10.0. The number of hydrogen-bond donors (Lipinski definition) is 0. The van der Waals surface area contributed by atoms with E-state index in [2.05, 4.69) is 0 Å². The van der Waals surface area contributed by atoms with Crippen LogP contribution in [0.5, 0.6) is 0 Å². The minimum absolute atomic E-state index is 1.10. The van der Waals surface area contributed by atoms with Crippen LogP contribution in [0.4, 0.5) is 0 Å². The van der Waals surface area contributed by atoms with Crippen LogP contribution in [0.25, 0.3) is 0 Å². The normalized spacial score (nSPS) is 26.5. The first-order valence-corrected chi connectivity index (χ1v) is 12.9. The first-order chi connectivity index (χ1) is 11.9. The predicted octanol–water partition coefficient (Wildman–Crippen LogP) is 8.62. The molecule has 24 heavy (non-hydrogen) atoms. The Bertz CT molecular complexity index is 251. The zero-order valence-corrected chi connectivity index (χ0v) is 17.5. The Hall–Kier alpha value is 0.430. The molecule has 0 amide bonds. The molecule has 0 aromatic heterocycles. The first kappa shape index (κ1) is 20.7. The third kappa shape index (κ3) is 10.4. The molecule has 0 N–H and O–H groups in total. The van der Waals surface area contributed by atoms with Gasteiger partial charge in [0.1, 0.15) is 0 Å². The fourth-order valence-corrected chi connectivity index (χ4v) is 6.97. The van der Waals surface area contributed by atoms with Gasteiger partial charge in [-0.2, -0.15) is 0 Å². The molecule has 142 valence electrons. The van der Waals surface area contributed by atoms with Crippen LogP contribution in [0.15, 0.2) is 0 Å². The molecule has 1 atom stereocenters. The summed E-state index contributed by atoms with van der Waals surface area (Å²) in [5.41, 5.74) is 2.19. The molecule has 2 rings (SSSR count). The van der Waals surface area contributed by atoms with Crippen LogP contribution < -0.4 is 0 Å². The van der Waals surface area contributed by atoms with Crippen LogP contribution in [-0.4, -0.2) is 11.3 Å². The molecule has 0 saturated heterocycles. The van der Waals surface area contributed by atoms with Gasteiger partial charge < -0.3 is 0 Å². The fraction of sp³-hybridized carbons (Fsp3) is 1.00. The monoisotopic (exact) mass is 352 g/mol. The van der Waals surface area contributed by atoms with Gasteiger partial charge in [-0.3, -0.25) is 0 Å². The second-order valence-electron chi connectivity index (χ2n) is 8.73. The average molecular weight is 353 g/mol. The molecule has 0 bridgehead atoms. The van der Waals surface area contributed by atoms with Crippen molar-refractivity contribution in [1.29, 1.82) is 0 Å². The Morgan fingerprint density at radius 3 is 0.750 bits per heavy atom. The van der Waals surface area contributed by atoms with Gasteiger partial charge >= 0.3 is 0 Å². The van der Waals surface area contributed by atoms with Crippen molar-refractivity contribution in [1.82, 2.24) is 0 Å². The van der Waals surface area contributed by atoms with E-state index < -0.39 is 0 Å². The van der Waals surface area contributed by atoms with Gasteiger partial charge in [0, 0.05) is 0 Å². The summed E-state index contributed by atoms with van der Waals surface area (Å²) in [5, 5.41) is 0. The predicted molar refractivity (Wildman–Crippen MR) is 113 cm³/mol. The van der Waals surface area contributed by atoms with E-state index in [0.717, 1.165) is 11.3 Å². The highest BCUT2D eigenvalue weighted by molar-refractivity contribution is 7.39. The van der Waals surface area contributed by atoms with Crippen LogP contribution >= 0.6 is 8.58 Å². The van der Waals surface area contributed by atoms with Gasteiger partial charge in [-0.05, 0) is 37.0 Å². The van der Waals surface area contributed by atoms with E-state index in [4.69, 9.17) is 0 Å². The van der Waals surface area contributed by atoms with Gasteiger partial charge in [-0.15, -0.1) is 8.58 Å². The van der Waals surface area contributed by atoms with E-state index in [1.807, 2.05) is 0 Å².